The highest BCUT2D eigenvalue weighted by Gasteiger charge is 2.32. The molecule has 2 N–H and O–H groups in total. The third kappa shape index (κ3) is 5.41. The van der Waals surface area contributed by atoms with Crippen molar-refractivity contribution in [2.75, 3.05) is 39.3 Å². The number of nitrogens with zero attached hydrogens (tertiary/aromatic N) is 2. The molecule has 2 aliphatic heterocycles. The van der Waals surface area contributed by atoms with E-state index in [1.165, 1.54) is 6.92 Å². The molecule has 2 unspecified atom stereocenters. The first-order valence-electron chi connectivity index (χ1n) is 8.66. The van der Waals surface area contributed by atoms with Crippen LogP contribution in [0.4, 0.5) is 0 Å². The summed E-state index contributed by atoms with van der Waals surface area (Å²) in [6.07, 6.45) is 1.39. The molecule has 3 rings (SSSR count). The van der Waals surface area contributed by atoms with Gasteiger partial charge in [0, 0.05) is 57.1 Å². The quantitative estimate of drug-likeness (QED) is 0.799. The highest BCUT2D eigenvalue weighted by atomic mass is 35.5. The molecule has 0 radical (unpaired) electrons. The van der Waals surface area contributed by atoms with Gasteiger partial charge in [0.05, 0.1) is 12.5 Å². The van der Waals surface area contributed by atoms with E-state index in [-0.39, 0.29) is 30.3 Å². The normalized spacial score (nSPS) is 22.3. The van der Waals surface area contributed by atoms with Gasteiger partial charge in [0.15, 0.2) is 0 Å². The fraction of sp³-hybridized carbons (Fsp3) is 0.647. The number of hydrogen-bond donors (Lipinski definition) is 2. The van der Waals surface area contributed by atoms with Crippen LogP contribution < -0.4 is 10.6 Å². The zero-order valence-electron chi connectivity index (χ0n) is 14.6. The smallest absolute Gasteiger partial charge is 0.225 e. The minimum absolute atomic E-state index is 0. The number of hydrogen-bond acceptors (Lipinski definition) is 5. The molecule has 2 aliphatic rings. The van der Waals surface area contributed by atoms with Crippen LogP contribution in [0.3, 0.4) is 0 Å². The maximum Gasteiger partial charge on any atom is 0.225 e. The molecule has 2 fully saturated rings. The standard InChI is InChI=1S/C17H26N4O2S.ClH/c1-13(22)19-15(16-3-2-10-24-16)11-17(23)21-7-4-14(12-21)20-8-5-18-6-9-20;/h2-3,10,14-15,18H,4-9,11-12H2,1H3,(H,19,22);1H. The molecule has 0 spiro atoms. The van der Waals surface area contributed by atoms with Crippen molar-refractivity contribution in [1.82, 2.24) is 20.4 Å². The Morgan fingerprint density at radius 2 is 2.12 bits per heavy atom. The Hall–Kier alpha value is -1.15. The van der Waals surface area contributed by atoms with E-state index < -0.39 is 0 Å². The summed E-state index contributed by atoms with van der Waals surface area (Å²) in [6, 6.07) is 4.20. The highest BCUT2D eigenvalue weighted by Crippen LogP contribution is 2.24. The van der Waals surface area contributed by atoms with Crippen LogP contribution in [-0.4, -0.2) is 66.9 Å². The van der Waals surface area contributed by atoms with E-state index in [1.54, 1.807) is 11.3 Å². The molecule has 25 heavy (non-hydrogen) atoms. The summed E-state index contributed by atoms with van der Waals surface area (Å²) in [5.41, 5.74) is 0. The fourth-order valence-electron chi connectivity index (χ4n) is 3.58. The molecule has 6 nitrogen and oxygen atoms in total. The van der Waals surface area contributed by atoms with Crippen LogP contribution in [0, 0.1) is 0 Å². The van der Waals surface area contributed by atoms with Crippen LogP contribution in [0.1, 0.15) is 30.7 Å². The monoisotopic (exact) mass is 386 g/mol. The first kappa shape index (κ1) is 20.2. The Morgan fingerprint density at radius 3 is 2.76 bits per heavy atom. The van der Waals surface area contributed by atoms with Crippen molar-refractivity contribution in [1.29, 1.82) is 0 Å². The van der Waals surface area contributed by atoms with Gasteiger partial charge in [-0.05, 0) is 17.9 Å². The second-order valence-electron chi connectivity index (χ2n) is 6.54. The van der Waals surface area contributed by atoms with Gasteiger partial charge in [-0.1, -0.05) is 6.07 Å². The molecule has 2 atom stereocenters. The van der Waals surface area contributed by atoms with Gasteiger partial charge in [-0.15, -0.1) is 23.7 Å². The zero-order chi connectivity index (χ0) is 16.9. The summed E-state index contributed by atoms with van der Waals surface area (Å²) in [4.78, 5) is 29.7. The molecule has 1 aromatic rings. The average Bonchev–Trinajstić information content (AvgIpc) is 3.26. The number of halogens is 1. The first-order chi connectivity index (χ1) is 11.6. The molecular weight excluding hydrogens is 360 g/mol. The Kier molecular flexibility index (Phi) is 7.68. The summed E-state index contributed by atoms with van der Waals surface area (Å²) in [5.74, 6) is 0.0427. The Balaban J connectivity index is 0.00000225. The molecule has 2 saturated heterocycles. The van der Waals surface area contributed by atoms with Crippen molar-refractivity contribution in [3.63, 3.8) is 0 Å². The highest BCUT2D eigenvalue weighted by molar-refractivity contribution is 7.10. The molecule has 0 aromatic carbocycles. The second kappa shape index (κ2) is 9.52. The third-order valence-electron chi connectivity index (χ3n) is 4.83. The maximum atomic E-state index is 12.7. The second-order valence-corrected chi connectivity index (χ2v) is 7.52. The van der Waals surface area contributed by atoms with E-state index in [4.69, 9.17) is 0 Å². The minimum Gasteiger partial charge on any atom is -0.348 e. The molecule has 0 bridgehead atoms. The van der Waals surface area contributed by atoms with Gasteiger partial charge in [0.1, 0.15) is 0 Å². The van der Waals surface area contributed by atoms with Crippen molar-refractivity contribution in [3.05, 3.63) is 22.4 Å². The van der Waals surface area contributed by atoms with Crippen molar-refractivity contribution in [3.8, 4) is 0 Å². The maximum absolute atomic E-state index is 12.7. The van der Waals surface area contributed by atoms with E-state index in [0.717, 1.165) is 50.6 Å². The van der Waals surface area contributed by atoms with E-state index in [1.807, 2.05) is 22.4 Å². The Labute approximate surface area is 159 Å². The molecule has 8 heteroatoms. The van der Waals surface area contributed by atoms with E-state index in [0.29, 0.717) is 12.5 Å². The number of carbonyl (C=O) groups is 2. The fourth-order valence-corrected chi connectivity index (χ4v) is 4.35. The van der Waals surface area contributed by atoms with Gasteiger partial charge < -0.3 is 15.5 Å². The lowest BCUT2D eigenvalue weighted by Crippen LogP contribution is -2.49. The molecule has 3 heterocycles. The number of likely N-dealkylation sites (tertiary alicyclic amines) is 1. The molecule has 0 aliphatic carbocycles. The van der Waals surface area contributed by atoms with E-state index in [9.17, 15) is 9.59 Å². The van der Waals surface area contributed by atoms with Crippen LogP contribution in [0.25, 0.3) is 0 Å². The lowest BCUT2D eigenvalue weighted by Gasteiger charge is -2.32. The lowest BCUT2D eigenvalue weighted by molar-refractivity contribution is -0.131. The Bertz CT molecular complexity index is 563. The van der Waals surface area contributed by atoms with Crippen LogP contribution in [0.2, 0.25) is 0 Å². The summed E-state index contributed by atoms with van der Waals surface area (Å²) in [5, 5.41) is 8.26. The first-order valence-corrected chi connectivity index (χ1v) is 9.54. The van der Waals surface area contributed by atoms with Gasteiger partial charge in [0.25, 0.3) is 0 Å². The van der Waals surface area contributed by atoms with Crippen molar-refractivity contribution < 1.29 is 9.59 Å². The van der Waals surface area contributed by atoms with Crippen LogP contribution in [-0.2, 0) is 9.59 Å². The largest absolute Gasteiger partial charge is 0.348 e. The van der Waals surface area contributed by atoms with Gasteiger partial charge in [-0.25, -0.2) is 0 Å². The van der Waals surface area contributed by atoms with Gasteiger partial charge in [-0.3, -0.25) is 14.5 Å². The summed E-state index contributed by atoms with van der Waals surface area (Å²) < 4.78 is 0. The van der Waals surface area contributed by atoms with Crippen molar-refractivity contribution in [2.45, 2.75) is 31.8 Å². The summed E-state index contributed by atoms with van der Waals surface area (Å²) in [7, 11) is 0. The lowest BCUT2D eigenvalue weighted by atomic mass is 10.1. The summed E-state index contributed by atoms with van der Waals surface area (Å²) >= 11 is 1.58. The predicted octanol–water partition coefficient (Wildman–Crippen LogP) is 1.24. The molecule has 0 saturated carbocycles. The minimum atomic E-state index is -0.215. The molecule has 140 valence electrons. The number of amides is 2. The van der Waals surface area contributed by atoms with E-state index in [2.05, 4.69) is 15.5 Å². The number of carbonyl (C=O) groups excluding carboxylic acids is 2. The van der Waals surface area contributed by atoms with Crippen LogP contribution >= 0.6 is 23.7 Å². The van der Waals surface area contributed by atoms with Crippen LogP contribution in [0.15, 0.2) is 17.5 Å². The van der Waals surface area contributed by atoms with Crippen molar-refractivity contribution in [2.24, 2.45) is 0 Å². The number of rotatable bonds is 5. The predicted molar refractivity (Wildman–Crippen MR) is 102 cm³/mol. The Morgan fingerprint density at radius 1 is 1.36 bits per heavy atom. The average molecular weight is 387 g/mol. The number of nitrogens with one attached hydrogen (secondary N) is 2. The molecular formula is C17H27ClN4O2S. The van der Waals surface area contributed by atoms with Crippen molar-refractivity contribution >= 4 is 35.6 Å². The SMILES string of the molecule is CC(=O)NC(CC(=O)N1CCC(N2CCNCC2)C1)c1cccs1.Cl. The van der Waals surface area contributed by atoms with Crippen LogP contribution in [0.5, 0.6) is 0 Å². The molecule has 1 aromatic heterocycles. The zero-order valence-corrected chi connectivity index (χ0v) is 16.2. The molecule has 2 amide bonds. The van der Waals surface area contributed by atoms with Gasteiger partial charge >= 0.3 is 0 Å². The topological polar surface area (TPSA) is 64.7 Å². The van der Waals surface area contributed by atoms with Gasteiger partial charge in [-0.2, -0.15) is 0 Å². The van der Waals surface area contributed by atoms with E-state index >= 15 is 0 Å². The van der Waals surface area contributed by atoms with Gasteiger partial charge in [0.2, 0.25) is 11.8 Å². The number of piperazine rings is 1. The third-order valence-corrected chi connectivity index (χ3v) is 5.81. The number of thiophene rings is 1. The summed E-state index contributed by atoms with van der Waals surface area (Å²) in [6.45, 7) is 7.34.